The quantitative estimate of drug-likeness (QED) is 0.907. The average Bonchev–Trinajstić information content (AvgIpc) is 3.04. The smallest absolute Gasteiger partial charge is 0.123 e. The van der Waals surface area contributed by atoms with Crippen LogP contribution in [-0.4, -0.2) is 20.7 Å². The molecule has 3 nitrogen and oxygen atoms in total. The molecule has 0 radical (unpaired) electrons. The molecule has 0 saturated heterocycles. The van der Waals surface area contributed by atoms with Crippen molar-refractivity contribution in [2.24, 2.45) is 5.41 Å². The van der Waals surface area contributed by atoms with Gasteiger partial charge in [-0.25, -0.2) is 9.37 Å². The first-order chi connectivity index (χ1) is 10.4. The fourth-order valence-electron chi connectivity index (χ4n) is 3.24. The highest BCUT2D eigenvalue weighted by atomic mass is 19.1. The lowest BCUT2D eigenvalue weighted by molar-refractivity contribution is -0.0139. The van der Waals surface area contributed by atoms with Crippen LogP contribution in [-0.2, 0) is 6.42 Å². The second kappa shape index (κ2) is 5.36. The summed E-state index contributed by atoms with van der Waals surface area (Å²) in [7, 11) is 0. The van der Waals surface area contributed by atoms with E-state index in [2.05, 4.69) is 23.8 Å². The first-order valence-corrected chi connectivity index (χ1v) is 7.58. The number of rotatable bonds is 3. The molecule has 4 heteroatoms. The van der Waals surface area contributed by atoms with Crippen LogP contribution in [0.5, 0.6) is 0 Å². The summed E-state index contributed by atoms with van der Waals surface area (Å²) in [6, 6.07) is 6.36. The van der Waals surface area contributed by atoms with Crippen molar-refractivity contribution in [1.82, 2.24) is 9.97 Å². The molecule has 1 aromatic heterocycles. The zero-order valence-corrected chi connectivity index (χ0v) is 12.9. The van der Waals surface area contributed by atoms with E-state index in [-0.39, 0.29) is 11.2 Å². The van der Waals surface area contributed by atoms with Crippen molar-refractivity contribution >= 4 is 6.08 Å². The Morgan fingerprint density at radius 2 is 2.05 bits per heavy atom. The highest BCUT2D eigenvalue weighted by Crippen LogP contribution is 2.51. The summed E-state index contributed by atoms with van der Waals surface area (Å²) < 4.78 is 13.0. The molecule has 0 bridgehead atoms. The first kappa shape index (κ1) is 15.0. The third-order valence-electron chi connectivity index (χ3n) is 4.86. The zero-order valence-electron chi connectivity index (χ0n) is 12.9. The fraction of sp³-hybridized carbons (Fsp3) is 0.389. The molecular weight excluding hydrogens is 279 g/mol. The maximum Gasteiger partial charge on any atom is 0.123 e. The summed E-state index contributed by atoms with van der Waals surface area (Å²) in [5.74, 6) is 0.530. The minimum atomic E-state index is -0.945. The standard InChI is InChI=1S/C18H21FN2O/c1-17(2)8-7-14(11-13-3-5-15(19)6-4-13)18(17,22)12-16-20-9-10-21-16/h3-6,9-11,22H,7-8,12H2,1-2H3,(H,20,21)/b14-11-. The summed E-state index contributed by atoms with van der Waals surface area (Å²) in [5, 5.41) is 11.4. The minimum absolute atomic E-state index is 0.231. The molecule has 1 unspecified atom stereocenters. The molecule has 1 fully saturated rings. The average molecular weight is 300 g/mol. The SMILES string of the molecule is CC1(C)CC/C(=C/c2ccc(F)cc2)C1(O)Cc1ncc[nH]1. The predicted octanol–water partition coefficient (Wildman–Crippen LogP) is 3.73. The Bertz CT molecular complexity index is 674. The van der Waals surface area contributed by atoms with Gasteiger partial charge >= 0.3 is 0 Å². The van der Waals surface area contributed by atoms with E-state index in [4.69, 9.17) is 0 Å². The van der Waals surface area contributed by atoms with E-state index < -0.39 is 5.60 Å². The molecule has 1 aliphatic carbocycles. The number of hydrogen-bond acceptors (Lipinski definition) is 2. The maximum atomic E-state index is 13.0. The van der Waals surface area contributed by atoms with Crippen LogP contribution in [0.15, 0.2) is 42.2 Å². The number of aromatic amines is 1. The third kappa shape index (κ3) is 2.59. The first-order valence-electron chi connectivity index (χ1n) is 7.58. The van der Waals surface area contributed by atoms with Crippen LogP contribution in [0.2, 0.25) is 0 Å². The molecule has 1 aliphatic rings. The Morgan fingerprint density at radius 1 is 1.32 bits per heavy atom. The molecule has 1 aromatic carbocycles. The lowest BCUT2D eigenvalue weighted by atomic mass is 9.74. The number of aliphatic hydroxyl groups is 1. The number of H-pyrrole nitrogens is 1. The van der Waals surface area contributed by atoms with Gasteiger partial charge in [0, 0.05) is 18.8 Å². The van der Waals surface area contributed by atoms with Crippen LogP contribution in [0.4, 0.5) is 4.39 Å². The molecule has 1 heterocycles. The Morgan fingerprint density at radius 3 is 2.68 bits per heavy atom. The number of halogens is 1. The highest BCUT2D eigenvalue weighted by molar-refractivity contribution is 5.57. The molecule has 0 aliphatic heterocycles. The normalized spacial score (nSPS) is 25.7. The van der Waals surface area contributed by atoms with Crippen LogP contribution in [0.3, 0.4) is 0 Å². The second-order valence-corrected chi connectivity index (χ2v) is 6.68. The van der Waals surface area contributed by atoms with E-state index in [0.717, 1.165) is 29.8 Å². The van der Waals surface area contributed by atoms with Gasteiger partial charge in [0.15, 0.2) is 0 Å². The Labute approximate surface area is 129 Å². The van der Waals surface area contributed by atoms with Gasteiger partial charge in [0.05, 0.1) is 5.60 Å². The predicted molar refractivity (Wildman–Crippen MR) is 84.6 cm³/mol. The number of nitrogens with zero attached hydrogens (tertiary/aromatic N) is 1. The summed E-state index contributed by atoms with van der Waals surface area (Å²) in [4.78, 5) is 7.32. The van der Waals surface area contributed by atoms with E-state index in [1.807, 2.05) is 6.08 Å². The zero-order chi connectivity index (χ0) is 15.8. The monoisotopic (exact) mass is 300 g/mol. The summed E-state index contributed by atoms with van der Waals surface area (Å²) in [5.41, 5.74) is 0.720. The van der Waals surface area contributed by atoms with E-state index in [1.54, 1.807) is 24.5 Å². The van der Waals surface area contributed by atoms with Crippen LogP contribution >= 0.6 is 0 Å². The summed E-state index contributed by atoms with van der Waals surface area (Å²) in [6.07, 6.45) is 7.66. The van der Waals surface area contributed by atoms with Gasteiger partial charge in [0.1, 0.15) is 11.6 Å². The number of benzene rings is 1. The minimum Gasteiger partial charge on any atom is -0.384 e. The molecule has 0 amide bonds. The van der Waals surface area contributed by atoms with Gasteiger partial charge in [-0.1, -0.05) is 32.1 Å². The van der Waals surface area contributed by atoms with Crippen molar-refractivity contribution in [2.75, 3.05) is 0 Å². The van der Waals surface area contributed by atoms with Crippen molar-refractivity contribution in [3.63, 3.8) is 0 Å². The van der Waals surface area contributed by atoms with Gasteiger partial charge in [-0.2, -0.15) is 0 Å². The van der Waals surface area contributed by atoms with Gasteiger partial charge in [0.2, 0.25) is 0 Å². The van der Waals surface area contributed by atoms with Gasteiger partial charge in [0.25, 0.3) is 0 Å². The third-order valence-corrected chi connectivity index (χ3v) is 4.86. The molecule has 22 heavy (non-hydrogen) atoms. The number of imidazole rings is 1. The number of hydrogen-bond donors (Lipinski definition) is 2. The highest BCUT2D eigenvalue weighted by Gasteiger charge is 2.51. The molecule has 116 valence electrons. The molecule has 0 spiro atoms. The van der Waals surface area contributed by atoms with Gasteiger partial charge in [-0.05, 0) is 41.5 Å². The van der Waals surface area contributed by atoms with E-state index in [0.29, 0.717) is 6.42 Å². The van der Waals surface area contributed by atoms with Crippen molar-refractivity contribution in [1.29, 1.82) is 0 Å². The lowest BCUT2D eigenvalue weighted by Gasteiger charge is -2.37. The number of aromatic nitrogens is 2. The molecule has 1 atom stereocenters. The molecular formula is C18H21FN2O. The molecule has 1 saturated carbocycles. The van der Waals surface area contributed by atoms with Crippen LogP contribution in [0.25, 0.3) is 6.08 Å². The number of nitrogens with one attached hydrogen (secondary N) is 1. The lowest BCUT2D eigenvalue weighted by Crippen LogP contribution is -2.43. The van der Waals surface area contributed by atoms with Crippen LogP contribution in [0, 0.1) is 11.2 Å². The van der Waals surface area contributed by atoms with Gasteiger partial charge < -0.3 is 10.1 Å². The van der Waals surface area contributed by atoms with E-state index >= 15 is 0 Å². The van der Waals surface area contributed by atoms with E-state index in [1.165, 1.54) is 12.1 Å². The largest absolute Gasteiger partial charge is 0.384 e. The van der Waals surface area contributed by atoms with Crippen molar-refractivity contribution < 1.29 is 9.50 Å². The summed E-state index contributed by atoms with van der Waals surface area (Å²) >= 11 is 0. The molecule has 2 N–H and O–H groups in total. The van der Waals surface area contributed by atoms with Crippen molar-refractivity contribution in [3.05, 3.63) is 59.4 Å². The topological polar surface area (TPSA) is 48.9 Å². The Kier molecular flexibility index (Phi) is 3.65. The van der Waals surface area contributed by atoms with Crippen molar-refractivity contribution in [3.8, 4) is 0 Å². The van der Waals surface area contributed by atoms with Gasteiger partial charge in [-0.3, -0.25) is 0 Å². The molecule has 3 rings (SSSR count). The van der Waals surface area contributed by atoms with Crippen LogP contribution < -0.4 is 0 Å². The van der Waals surface area contributed by atoms with E-state index in [9.17, 15) is 9.50 Å². The van der Waals surface area contributed by atoms with Crippen LogP contribution in [0.1, 0.15) is 38.1 Å². The van der Waals surface area contributed by atoms with Crippen molar-refractivity contribution in [2.45, 2.75) is 38.7 Å². The Balaban J connectivity index is 1.97. The fourth-order valence-corrected chi connectivity index (χ4v) is 3.24. The Hall–Kier alpha value is -1.94. The molecule has 2 aromatic rings. The maximum absolute atomic E-state index is 13.0. The summed E-state index contributed by atoms with van der Waals surface area (Å²) in [6.45, 7) is 4.17. The second-order valence-electron chi connectivity index (χ2n) is 6.68. The van der Waals surface area contributed by atoms with Gasteiger partial charge in [-0.15, -0.1) is 0 Å².